The molecule has 1 N–H and O–H groups in total. The Bertz CT molecular complexity index is 408. The Labute approximate surface area is 121 Å². The highest BCUT2D eigenvalue weighted by atomic mass is 32.2. The van der Waals surface area contributed by atoms with Crippen LogP contribution in [0.5, 0.6) is 0 Å². The van der Waals surface area contributed by atoms with Gasteiger partial charge in [-0.05, 0) is 51.5 Å². The van der Waals surface area contributed by atoms with Gasteiger partial charge in [0.2, 0.25) is 0 Å². The van der Waals surface area contributed by atoms with Gasteiger partial charge in [0.25, 0.3) is 0 Å². The van der Waals surface area contributed by atoms with Crippen molar-refractivity contribution < 1.29 is 0 Å². The zero-order chi connectivity index (χ0) is 13.9. The summed E-state index contributed by atoms with van der Waals surface area (Å²) >= 11 is 2.14. The Balaban J connectivity index is 2.11. The van der Waals surface area contributed by atoms with E-state index >= 15 is 0 Å². The molecule has 2 heterocycles. The molecule has 1 aliphatic rings. The standard InChI is InChI=1S/C15H27N3S/c1-5-8-16-14(15(3)7-6-9-19-15)11-13-10-12(2)17-18(13)4/h10,14,16H,5-9,11H2,1-4H3. The third-order valence-corrected chi connectivity index (χ3v) is 5.78. The largest absolute Gasteiger partial charge is 0.312 e. The zero-order valence-corrected chi connectivity index (χ0v) is 13.5. The summed E-state index contributed by atoms with van der Waals surface area (Å²) in [5.41, 5.74) is 2.47. The van der Waals surface area contributed by atoms with Gasteiger partial charge >= 0.3 is 0 Å². The second-order valence-electron chi connectivity index (χ2n) is 5.88. The molecule has 0 aromatic carbocycles. The van der Waals surface area contributed by atoms with Crippen molar-refractivity contribution in [1.29, 1.82) is 0 Å². The van der Waals surface area contributed by atoms with Crippen molar-refractivity contribution >= 4 is 11.8 Å². The van der Waals surface area contributed by atoms with Gasteiger partial charge in [-0.3, -0.25) is 4.68 Å². The van der Waals surface area contributed by atoms with Crippen molar-refractivity contribution in [1.82, 2.24) is 15.1 Å². The summed E-state index contributed by atoms with van der Waals surface area (Å²) in [5.74, 6) is 1.31. The molecule has 2 atom stereocenters. The number of aryl methyl sites for hydroxylation is 2. The second-order valence-corrected chi connectivity index (χ2v) is 7.51. The average molecular weight is 281 g/mol. The summed E-state index contributed by atoms with van der Waals surface area (Å²) in [6.07, 6.45) is 4.97. The van der Waals surface area contributed by atoms with Gasteiger partial charge in [0.1, 0.15) is 0 Å². The molecule has 1 aliphatic heterocycles. The molecule has 0 radical (unpaired) electrons. The number of hydrogen-bond acceptors (Lipinski definition) is 3. The molecule has 0 spiro atoms. The lowest BCUT2D eigenvalue weighted by atomic mass is 9.92. The van der Waals surface area contributed by atoms with Crippen LogP contribution in [0.25, 0.3) is 0 Å². The molecule has 1 fully saturated rings. The fourth-order valence-corrected chi connectivity index (χ4v) is 4.37. The first-order valence-corrected chi connectivity index (χ1v) is 8.40. The average Bonchev–Trinajstić information content (AvgIpc) is 2.92. The van der Waals surface area contributed by atoms with Crippen molar-refractivity contribution in [2.45, 2.75) is 57.2 Å². The maximum atomic E-state index is 4.48. The van der Waals surface area contributed by atoms with E-state index in [0.717, 1.165) is 18.7 Å². The van der Waals surface area contributed by atoms with E-state index in [1.807, 2.05) is 4.68 Å². The van der Waals surface area contributed by atoms with Gasteiger partial charge in [-0.15, -0.1) is 0 Å². The molecule has 2 unspecified atom stereocenters. The van der Waals surface area contributed by atoms with Crippen molar-refractivity contribution in [2.75, 3.05) is 12.3 Å². The van der Waals surface area contributed by atoms with Gasteiger partial charge in [-0.1, -0.05) is 6.92 Å². The van der Waals surface area contributed by atoms with E-state index in [9.17, 15) is 0 Å². The number of nitrogens with zero attached hydrogens (tertiary/aromatic N) is 2. The van der Waals surface area contributed by atoms with Crippen LogP contribution >= 0.6 is 11.8 Å². The van der Waals surface area contributed by atoms with Crippen LogP contribution in [0.15, 0.2) is 6.07 Å². The Kier molecular flexibility index (Phi) is 4.96. The highest BCUT2D eigenvalue weighted by molar-refractivity contribution is 8.00. The molecule has 108 valence electrons. The normalized spacial score (nSPS) is 24.8. The predicted molar refractivity (Wildman–Crippen MR) is 83.8 cm³/mol. The minimum absolute atomic E-state index is 0.382. The molecular weight excluding hydrogens is 254 g/mol. The minimum Gasteiger partial charge on any atom is -0.312 e. The molecule has 0 aliphatic carbocycles. The maximum absolute atomic E-state index is 4.48. The topological polar surface area (TPSA) is 29.9 Å². The first-order valence-electron chi connectivity index (χ1n) is 7.42. The van der Waals surface area contributed by atoms with E-state index in [1.54, 1.807) is 0 Å². The molecular formula is C15H27N3S. The smallest absolute Gasteiger partial charge is 0.0596 e. The molecule has 2 rings (SSSR count). The predicted octanol–water partition coefficient (Wildman–Crippen LogP) is 2.92. The van der Waals surface area contributed by atoms with E-state index in [4.69, 9.17) is 0 Å². The lowest BCUT2D eigenvalue weighted by Crippen LogP contribution is -2.47. The summed E-state index contributed by atoms with van der Waals surface area (Å²) in [7, 11) is 2.06. The van der Waals surface area contributed by atoms with Crippen molar-refractivity contribution in [3.8, 4) is 0 Å². The SMILES string of the molecule is CCCNC(Cc1cc(C)nn1C)C1(C)CCCS1. The molecule has 0 bridgehead atoms. The number of thioether (sulfide) groups is 1. The van der Waals surface area contributed by atoms with Crippen LogP contribution < -0.4 is 5.32 Å². The summed E-state index contributed by atoms with van der Waals surface area (Å²) in [5, 5.41) is 8.25. The van der Waals surface area contributed by atoms with E-state index < -0.39 is 0 Å². The Morgan fingerprint density at radius 3 is 2.89 bits per heavy atom. The van der Waals surface area contributed by atoms with Crippen molar-refractivity contribution in [2.24, 2.45) is 7.05 Å². The van der Waals surface area contributed by atoms with Gasteiger partial charge in [0, 0.05) is 30.0 Å². The van der Waals surface area contributed by atoms with Gasteiger partial charge in [0.05, 0.1) is 5.69 Å². The third-order valence-electron chi connectivity index (χ3n) is 4.14. The summed E-state index contributed by atoms with van der Waals surface area (Å²) in [6, 6.07) is 2.78. The molecule has 1 aromatic heterocycles. The molecule has 1 saturated heterocycles. The van der Waals surface area contributed by atoms with Crippen LogP contribution in [0, 0.1) is 6.92 Å². The Hall–Kier alpha value is -0.480. The highest BCUT2D eigenvalue weighted by Crippen LogP contribution is 2.41. The van der Waals surface area contributed by atoms with Crippen LogP contribution in [0.2, 0.25) is 0 Å². The highest BCUT2D eigenvalue weighted by Gasteiger charge is 2.37. The number of rotatable bonds is 6. The van der Waals surface area contributed by atoms with Crippen LogP contribution in [0.4, 0.5) is 0 Å². The van der Waals surface area contributed by atoms with Gasteiger partial charge in [-0.2, -0.15) is 16.9 Å². The maximum Gasteiger partial charge on any atom is 0.0596 e. The fourth-order valence-electron chi connectivity index (χ4n) is 2.96. The zero-order valence-electron chi connectivity index (χ0n) is 12.7. The van der Waals surface area contributed by atoms with E-state index in [0.29, 0.717) is 10.8 Å². The fraction of sp³-hybridized carbons (Fsp3) is 0.800. The van der Waals surface area contributed by atoms with Crippen LogP contribution in [0.1, 0.15) is 44.5 Å². The van der Waals surface area contributed by atoms with Gasteiger partial charge in [-0.25, -0.2) is 0 Å². The second kappa shape index (κ2) is 6.31. The molecule has 19 heavy (non-hydrogen) atoms. The minimum atomic E-state index is 0.382. The summed E-state index contributed by atoms with van der Waals surface area (Å²) in [6.45, 7) is 7.85. The molecule has 0 saturated carbocycles. The monoisotopic (exact) mass is 281 g/mol. The van der Waals surface area contributed by atoms with E-state index in [1.165, 1.54) is 30.7 Å². The summed E-state index contributed by atoms with van der Waals surface area (Å²) in [4.78, 5) is 0. The molecule has 4 heteroatoms. The van der Waals surface area contributed by atoms with Crippen molar-refractivity contribution in [3.05, 3.63) is 17.5 Å². The number of aromatic nitrogens is 2. The Morgan fingerprint density at radius 2 is 2.37 bits per heavy atom. The molecule has 1 aromatic rings. The molecule has 3 nitrogen and oxygen atoms in total. The Morgan fingerprint density at radius 1 is 1.58 bits per heavy atom. The van der Waals surface area contributed by atoms with Crippen molar-refractivity contribution in [3.63, 3.8) is 0 Å². The van der Waals surface area contributed by atoms with Crippen LogP contribution in [-0.4, -0.2) is 32.9 Å². The quantitative estimate of drug-likeness (QED) is 0.869. The lowest BCUT2D eigenvalue weighted by Gasteiger charge is -2.34. The van der Waals surface area contributed by atoms with Crippen LogP contribution in [-0.2, 0) is 13.5 Å². The summed E-state index contributed by atoms with van der Waals surface area (Å²) < 4.78 is 2.42. The van der Waals surface area contributed by atoms with E-state index in [2.05, 4.69) is 56.1 Å². The van der Waals surface area contributed by atoms with Gasteiger partial charge < -0.3 is 5.32 Å². The number of nitrogens with one attached hydrogen (secondary N) is 1. The first kappa shape index (κ1) is 14.9. The lowest BCUT2D eigenvalue weighted by molar-refractivity contribution is 0.392. The third kappa shape index (κ3) is 3.54. The first-order chi connectivity index (χ1) is 9.05. The van der Waals surface area contributed by atoms with Gasteiger partial charge in [0.15, 0.2) is 0 Å². The number of hydrogen-bond donors (Lipinski definition) is 1. The van der Waals surface area contributed by atoms with Crippen LogP contribution in [0.3, 0.4) is 0 Å². The molecule has 0 amide bonds. The van der Waals surface area contributed by atoms with E-state index in [-0.39, 0.29) is 0 Å².